The van der Waals surface area contributed by atoms with Crippen molar-refractivity contribution in [2.24, 2.45) is 0 Å². The summed E-state index contributed by atoms with van der Waals surface area (Å²) >= 11 is 3.28. The SMILES string of the molecule is OC(Cc1cc(F)ccc1Br)c1ccc(F)cn1. The highest BCUT2D eigenvalue weighted by Gasteiger charge is 2.12. The van der Waals surface area contributed by atoms with Crippen molar-refractivity contribution in [1.82, 2.24) is 4.98 Å². The van der Waals surface area contributed by atoms with Gasteiger partial charge in [-0.3, -0.25) is 4.98 Å². The van der Waals surface area contributed by atoms with E-state index in [0.717, 1.165) is 6.20 Å². The fraction of sp³-hybridized carbons (Fsp3) is 0.154. The van der Waals surface area contributed by atoms with Gasteiger partial charge in [-0.05, 0) is 35.9 Å². The van der Waals surface area contributed by atoms with Gasteiger partial charge in [-0.25, -0.2) is 8.78 Å². The lowest BCUT2D eigenvalue weighted by atomic mass is 10.1. The zero-order valence-corrected chi connectivity index (χ0v) is 10.9. The summed E-state index contributed by atoms with van der Waals surface area (Å²) in [5, 5.41) is 9.95. The molecule has 0 radical (unpaired) electrons. The molecule has 1 N–H and O–H groups in total. The molecule has 0 saturated heterocycles. The van der Waals surface area contributed by atoms with Crippen molar-refractivity contribution < 1.29 is 13.9 Å². The lowest BCUT2D eigenvalue weighted by Gasteiger charge is -2.11. The first kappa shape index (κ1) is 13.1. The second-order valence-electron chi connectivity index (χ2n) is 3.86. The number of aliphatic hydroxyl groups is 1. The van der Waals surface area contributed by atoms with Crippen LogP contribution in [0.15, 0.2) is 41.0 Å². The molecule has 0 fully saturated rings. The van der Waals surface area contributed by atoms with Crippen molar-refractivity contribution in [3.8, 4) is 0 Å². The zero-order valence-electron chi connectivity index (χ0n) is 9.28. The van der Waals surface area contributed by atoms with Gasteiger partial charge >= 0.3 is 0 Å². The van der Waals surface area contributed by atoms with Crippen molar-refractivity contribution in [3.63, 3.8) is 0 Å². The average molecular weight is 314 g/mol. The predicted octanol–water partition coefficient (Wildman–Crippen LogP) is 3.40. The Labute approximate surface area is 111 Å². The molecule has 2 aromatic rings. The van der Waals surface area contributed by atoms with Crippen LogP contribution in [0, 0.1) is 11.6 Å². The normalized spacial score (nSPS) is 12.4. The smallest absolute Gasteiger partial charge is 0.141 e. The number of nitrogens with zero attached hydrogens (tertiary/aromatic N) is 1. The number of pyridine rings is 1. The van der Waals surface area contributed by atoms with Crippen molar-refractivity contribution in [2.75, 3.05) is 0 Å². The molecule has 0 aliphatic carbocycles. The average Bonchev–Trinajstić information content (AvgIpc) is 2.34. The Balaban J connectivity index is 2.18. The largest absolute Gasteiger partial charge is 0.386 e. The Kier molecular flexibility index (Phi) is 4.04. The standard InChI is InChI=1S/C13H10BrF2NO/c14-11-3-1-9(15)5-8(11)6-13(18)12-4-2-10(16)7-17-12/h1-5,7,13,18H,6H2. The van der Waals surface area contributed by atoms with Gasteiger partial charge in [0.1, 0.15) is 11.6 Å². The maximum absolute atomic E-state index is 13.1. The van der Waals surface area contributed by atoms with E-state index in [2.05, 4.69) is 20.9 Å². The van der Waals surface area contributed by atoms with Gasteiger partial charge in [0.2, 0.25) is 0 Å². The summed E-state index contributed by atoms with van der Waals surface area (Å²) in [4.78, 5) is 3.79. The number of benzene rings is 1. The molecule has 18 heavy (non-hydrogen) atoms. The highest BCUT2D eigenvalue weighted by molar-refractivity contribution is 9.10. The Bertz CT molecular complexity index is 545. The van der Waals surface area contributed by atoms with E-state index in [1.807, 2.05) is 0 Å². The van der Waals surface area contributed by atoms with E-state index in [0.29, 0.717) is 15.7 Å². The van der Waals surface area contributed by atoms with E-state index in [9.17, 15) is 13.9 Å². The van der Waals surface area contributed by atoms with Gasteiger partial charge in [0.25, 0.3) is 0 Å². The predicted molar refractivity (Wildman–Crippen MR) is 67.0 cm³/mol. The van der Waals surface area contributed by atoms with Crippen LogP contribution in [0.2, 0.25) is 0 Å². The summed E-state index contributed by atoms with van der Waals surface area (Å²) in [6, 6.07) is 6.89. The van der Waals surface area contributed by atoms with Crippen LogP contribution in [0.5, 0.6) is 0 Å². The number of aliphatic hydroxyl groups excluding tert-OH is 1. The van der Waals surface area contributed by atoms with Gasteiger partial charge in [0.15, 0.2) is 0 Å². The van der Waals surface area contributed by atoms with Crippen LogP contribution in [0.1, 0.15) is 17.4 Å². The third-order valence-electron chi connectivity index (χ3n) is 2.51. The molecule has 5 heteroatoms. The number of rotatable bonds is 3. The molecule has 2 nitrogen and oxygen atoms in total. The third-order valence-corrected chi connectivity index (χ3v) is 3.29. The van der Waals surface area contributed by atoms with Gasteiger partial charge in [0.05, 0.1) is 18.0 Å². The van der Waals surface area contributed by atoms with Crippen molar-refractivity contribution in [1.29, 1.82) is 0 Å². The molecular formula is C13H10BrF2NO. The molecule has 0 aliphatic heterocycles. The van der Waals surface area contributed by atoms with E-state index in [-0.39, 0.29) is 12.2 Å². The van der Waals surface area contributed by atoms with Crippen molar-refractivity contribution >= 4 is 15.9 Å². The Morgan fingerprint density at radius 1 is 1.17 bits per heavy atom. The van der Waals surface area contributed by atoms with E-state index in [1.54, 1.807) is 6.07 Å². The minimum absolute atomic E-state index is 0.205. The Morgan fingerprint density at radius 2 is 1.89 bits per heavy atom. The van der Waals surface area contributed by atoms with Crippen LogP contribution in [0.4, 0.5) is 8.78 Å². The fourth-order valence-corrected chi connectivity index (χ4v) is 2.01. The molecule has 94 valence electrons. The van der Waals surface area contributed by atoms with Crippen LogP contribution >= 0.6 is 15.9 Å². The number of hydrogen-bond acceptors (Lipinski definition) is 2. The molecule has 1 atom stereocenters. The topological polar surface area (TPSA) is 33.1 Å². The first-order valence-electron chi connectivity index (χ1n) is 5.29. The molecule has 1 aromatic carbocycles. The molecule has 1 aromatic heterocycles. The second kappa shape index (κ2) is 5.54. The summed E-state index contributed by atoms with van der Waals surface area (Å²) in [5.74, 6) is -0.828. The highest BCUT2D eigenvalue weighted by atomic mass is 79.9. The first-order chi connectivity index (χ1) is 8.56. The quantitative estimate of drug-likeness (QED) is 0.942. The highest BCUT2D eigenvalue weighted by Crippen LogP contribution is 2.23. The summed E-state index contributed by atoms with van der Waals surface area (Å²) in [6.45, 7) is 0. The second-order valence-corrected chi connectivity index (χ2v) is 4.71. The molecule has 0 bridgehead atoms. The molecule has 1 unspecified atom stereocenters. The van der Waals surface area contributed by atoms with Crippen LogP contribution in [-0.2, 0) is 6.42 Å². The van der Waals surface area contributed by atoms with Crippen LogP contribution in [-0.4, -0.2) is 10.1 Å². The Hall–Kier alpha value is -1.33. The molecule has 0 amide bonds. The number of aromatic nitrogens is 1. The third kappa shape index (κ3) is 3.11. The first-order valence-corrected chi connectivity index (χ1v) is 6.09. The molecule has 0 spiro atoms. The van der Waals surface area contributed by atoms with E-state index in [1.165, 1.54) is 24.3 Å². The minimum atomic E-state index is -0.899. The van der Waals surface area contributed by atoms with Gasteiger partial charge in [0, 0.05) is 10.9 Å². The lowest BCUT2D eigenvalue weighted by molar-refractivity contribution is 0.173. The molecule has 0 aliphatic rings. The van der Waals surface area contributed by atoms with Crippen LogP contribution in [0.25, 0.3) is 0 Å². The van der Waals surface area contributed by atoms with E-state index >= 15 is 0 Å². The Morgan fingerprint density at radius 3 is 2.56 bits per heavy atom. The van der Waals surface area contributed by atoms with Gasteiger partial charge < -0.3 is 5.11 Å². The fourth-order valence-electron chi connectivity index (χ4n) is 1.60. The maximum atomic E-state index is 13.1. The van der Waals surface area contributed by atoms with Gasteiger partial charge in [-0.1, -0.05) is 15.9 Å². The van der Waals surface area contributed by atoms with Gasteiger partial charge in [-0.2, -0.15) is 0 Å². The monoisotopic (exact) mass is 313 g/mol. The number of halogens is 3. The van der Waals surface area contributed by atoms with Gasteiger partial charge in [-0.15, -0.1) is 0 Å². The summed E-state index contributed by atoms with van der Waals surface area (Å²) < 4.78 is 26.5. The van der Waals surface area contributed by atoms with Crippen molar-refractivity contribution in [3.05, 3.63) is 63.9 Å². The van der Waals surface area contributed by atoms with Crippen molar-refractivity contribution in [2.45, 2.75) is 12.5 Å². The summed E-state index contributed by atoms with van der Waals surface area (Å²) in [7, 11) is 0. The molecular weight excluding hydrogens is 304 g/mol. The number of hydrogen-bond donors (Lipinski definition) is 1. The van der Waals surface area contributed by atoms with Crippen LogP contribution < -0.4 is 0 Å². The zero-order chi connectivity index (χ0) is 13.1. The van der Waals surface area contributed by atoms with E-state index < -0.39 is 11.9 Å². The summed E-state index contributed by atoms with van der Waals surface area (Å²) in [5.41, 5.74) is 0.987. The summed E-state index contributed by atoms with van der Waals surface area (Å²) in [6.07, 6.45) is 0.347. The lowest BCUT2D eigenvalue weighted by Crippen LogP contribution is -2.05. The molecule has 1 heterocycles. The van der Waals surface area contributed by atoms with Crippen LogP contribution in [0.3, 0.4) is 0 Å². The minimum Gasteiger partial charge on any atom is -0.386 e. The molecule has 2 rings (SSSR count). The maximum Gasteiger partial charge on any atom is 0.141 e. The molecule has 0 saturated carbocycles. The van der Waals surface area contributed by atoms with E-state index in [4.69, 9.17) is 0 Å².